The van der Waals surface area contributed by atoms with Crippen molar-refractivity contribution in [2.75, 3.05) is 11.9 Å². The molecule has 1 aromatic heterocycles. The second-order valence-electron chi connectivity index (χ2n) is 7.95. The largest absolute Gasteiger partial charge is 0.373 e. The van der Waals surface area contributed by atoms with Gasteiger partial charge < -0.3 is 14.6 Å². The highest BCUT2D eigenvalue weighted by atomic mass is 32.2. The quantitative estimate of drug-likeness (QED) is 0.779. The third-order valence-corrected chi connectivity index (χ3v) is 6.99. The molecule has 5 rings (SSSR count). The maximum atomic E-state index is 12.5. The van der Waals surface area contributed by atoms with E-state index in [2.05, 4.69) is 21.1 Å². The van der Waals surface area contributed by atoms with Crippen LogP contribution in [0.15, 0.2) is 17.7 Å². The molecule has 0 saturated carbocycles. The summed E-state index contributed by atoms with van der Waals surface area (Å²) in [6, 6.07) is 1.54. The standard InChI is InChI=1S/C21H24N4O4S/c26-21(23-20-17-5-1-3-14(17)11-15-4-2-6-18(15)20)24-30(27,28)10-7-19-22-12-16-13-29-9-8-25(16)19/h7,10-12H,1-6,8-9,13H2,(H2,23,24,26)/b10-7+. The van der Waals surface area contributed by atoms with E-state index in [1.54, 1.807) is 6.20 Å². The zero-order valence-electron chi connectivity index (χ0n) is 16.6. The molecule has 30 heavy (non-hydrogen) atoms. The number of urea groups is 1. The molecular weight excluding hydrogens is 404 g/mol. The first-order valence-electron chi connectivity index (χ1n) is 10.3. The number of benzene rings is 1. The molecule has 1 aromatic carbocycles. The van der Waals surface area contributed by atoms with Gasteiger partial charge >= 0.3 is 6.03 Å². The number of hydrogen-bond donors (Lipinski definition) is 2. The van der Waals surface area contributed by atoms with Crippen LogP contribution in [0.2, 0.25) is 0 Å². The molecule has 3 aliphatic rings. The first-order valence-corrected chi connectivity index (χ1v) is 11.9. The van der Waals surface area contributed by atoms with E-state index in [1.165, 1.54) is 17.2 Å². The summed E-state index contributed by atoms with van der Waals surface area (Å²) < 4.78 is 34.3. The fraction of sp³-hybridized carbons (Fsp3) is 0.429. The van der Waals surface area contributed by atoms with Gasteiger partial charge in [0.15, 0.2) is 0 Å². The van der Waals surface area contributed by atoms with Gasteiger partial charge in [-0.3, -0.25) is 0 Å². The molecule has 0 atom stereocenters. The van der Waals surface area contributed by atoms with Crippen molar-refractivity contribution in [2.45, 2.75) is 51.7 Å². The van der Waals surface area contributed by atoms with Crippen molar-refractivity contribution in [2.24, 2.45) is 0 Å². The van der Waals surface area contributed by atoms with Crippen molar-refractivity contribution in [3.63, 3.8) is 0 Å². The Labute approximate surface area is 175 Å². The number of rotatable bonds is 4. The van der Waals surface area contributed by atoms with Crippen LogP contribution in [0.3, 0.4) is 0 Å². The molecule has 0 saturated heterocycles. The lowest BCUT2D eigenvalue weighted by Gasteiger charge is -2.16. The van der Waals surface area contributed by atoms with Crippen molar-refractivity contribution in [1.29, 1.82) is 0 Å². The summed E-state index contributed by atoms with van der Waals surface area (Å²) in [5.74, 6) is 0.526. The topological polar surface area (TPSA) is 102 Å². The first-order chi connectivity index (χ1) is 14.5. The molecular formula is C21H24N4O4S. The average Bonchev–Trinajstić information content (AvgIpc) is 3.45. The van der Waals surface area contributed by atoms with Crippen molar-refractivity contribution < 1.29 is 17.9 Å². The van der Waals surface area contributed by atoms with E-state index >= 15 is 0 Å². The monoisotopic (exact) mass is 428 g/mol. The Morgan fingerprint density at radius 2 is 1.87 bits per heavy atom. The molecule has 0 fully saturated rings. The number of aryl methyl sites for hydroxylation is 2. The van der Waals surface area contributed by atoms with Crippen LogP contribution in [0.25, 0.3) is 6.08 Å². The SMILES string of the molecule is O=C(Nc1c2c(cc3c1CCC3)CCC2)NS(=O)(=O)/C=C/c1ncc2n1CCOC2. The van der Waals surface area contributed by atoms with Crippen LogP contribution in [0.1, 0.15) is 46.6 Å². The number of carbonyl (C=O) groups is 1. The van der Waals surface area contributed by atoms with Crippen LogP contribution in [0.4, 0.5) is 10.5 Å². The van der Waals surface area contributed by atoms with Crippen molar-refractivity contribution in [1.82, 2.24) is 14.3 Å². The Hall–Kier alpha value is -2.65. The molecule has 0 spiro atoms. The second-order valence-corrected chi connectivity index (χ2v) is 9.52. The highest BCUT2D eigenvalue weighted by molar-refractivity contribution is 7.93. The molecule has 2 aromatic rings. The van der Waals surface area contributed by atoms with Gasteiger partial charge in [0.05, 0.1) is 30.5 Å². The summed E-state index contributed by atoms with van der Waals surface area (Å²) in [4.78, 5) is 16.8. The van der Waals surface area contributed by atoms with Gasteiger partial charge in [0.25, 0.3) is 10.0 Å². The number of amides is 2. The fourth-order valence-corrected chi connectivity index (χ4v) is 5.36. The normalized spacial score (nSPS) is 17.6. The minimum Gasteiger partial charge on any atom is -0.373 e. The van der Waals surface area contributed by atoms with Crippen LogP contribution in [-0.4, -0.2) is 30.6 Å². The predicted molar refractivity (Wildman–Crippen MR) is 112 cm³/mol. The average molecular weight is 429 g/mol. The van der Waals surface area contributed by atoms with Crippen molar-refractivity contribution >= 4 is 27.8 Å². The van der Waals surface area contributed by atoms with Crippen molar-refractivity contribution in [3.05, 3.63) is 51.4 Å². The van der Waals surface area contributed by atoms with E-state index < -0.39 is 16.1 Å². The number of aromatic nitrogens is 2. The molecule has 0 radical (unpaired) electrons. The molecule has 0 unspecified atom stereocenters. The Morgan fingerprint density at radius 1 is 1.13 bits per heavy atom. The van der Waals surface area contributed by atoms with E-state index in [0.29, 0.717) is 25.6 Å². The number of sulfonamides is 1. The third kappa shape index (κ3) is 3.63. The summed E-state index contributed by atoms with van der Waals surface area (Å²) in [7, 11) is -3.96. The second kappa shape index (κ2) is 7.55. The molecule has 8 nitrogen and oxygen atoms in total. The summed E-state index contributed by atoms with van der Waals surface area (Å²) in [6.07, 6.45) is 9.06. The highest BCUT2D eigenvalue weighted by Crippen LogP contribution is 2.38. The van der Waals surface area contributed by atoms with Crippen LogP contribution < -0.4 is 10.0 Å². The first kappa shape index (κ1) is 19.3. The lowest BCUT2D eigenvalue weighted by molar-refractivity contribution is 0.0848. The van der Waals surface area contributed by atoms with Gasteiger partial charge in [0, 0.05) is 12.2 Å². The number of carbonyl (C=O) groups excluding carboxylic acids is 1. The van der Waals surface area contributed by atoms with Crippen LogP contribution in [0, 0.1) is 0 Å². The fourth-order valence-electron chi connectivity index (χ4n) is 4.69. The molecule has 2 heterocycles. The Bertz CT molecular complexity index is 1120. The zero-order chi connectivity index (χ0) is 20.7. The Morgan fingerprint density at radius 3 is 2.60 bits per heavy atom. The highest BCUT2D eigenvalue weighted by Gasteiger charge is 2.25. The Balaban J connectivity index is 1.32. The molecule has 2 aliphatic carbocycles. The van der Waals surface area contributed by atoms with E-state index in [9.17, 15) is 13.2 Å². The molecule has 1 aliphatic heterocycles. The summed E-state index contributed by atoms with van der Waals surface area (Å²) in [5, 5.41) is 3.83. The minimum atomic E-state index is -3.96. The molecule has 2 amide bonds. The van der Waals surface area contributed by atoms with E-state index in [-0.39, 0.29) is 0 Å². The molecule has 0 bridgehead atoms. The van der Waals surface area contributed by atoms with Gasteiger partial charge in [-0.05, 0) is 66.9 Å². The maximum absolute atomic E-state index is 12.5. The minimum absolute atomic E-state index is 0.458. The number of ether oxygens (including phenoxy) is 1. The predicted octanol–water partition coefficient (Wildman–Crippen LogP) is 2.51. The van der Waals surface area contributed by atoms with Gasteiger partial charge in [0.2, 0.25) is 0 Å². The smallest absolute Gasteiger partial charge is 0.333 e. The lowest BCUT2D eigenvalue weighted by Crippen LogP contribution is -2.33. The lowest BCUT2D eigenvalue weighted by atomic mass is 9.99. The number of anilines is 1. The maximum Gasteiger partial charge on any atom is 0.333 e. The molecule has 158 valence electrons. The number of imidazole rings is 1. The van der Waals surface area contributed by atoms with Gasteiger partial charge in [0.1, 0.15) is 5.82 Å². The van der Waals surface area contributed by atoms with E-state index in [4.69, 9.17) is 4.74 Å². The van der Waals surface area contributed by atoms with Gasteiger partial charge in [-0.2, -0.15) is 0 Å². The van der Waals surface area contributed by atoms with Gasteiger partial charge in [-0.1, -0.05) is 6.07 Å². The number of fused-ring (bicyclic) bond motifs is 3. The number of nitrogens with one attached hydrogen (secondary N) is 2. The van der Waals surface area contributed by atoms with Gasteiger partial charge in [-0.25, -0.2) is 22.9 Å². The zero-order valence-corrected chi connectivity index (χ0v) is 17.4. The third-order valence-electron chi connectivity index (χ3n) is 6.02. The molecule has 2 N–H and O–H groups in total. The van der Waals surface area contributed by atoms with E-state index in [0.717, 1.165) is 66.4 Å². The summed E-state index contributed by atoms with van der Waals surface area (Å²) in [5.41, 5.74) is 6.59. The summed E-state index contributed by atoms with van der Waals surface area (Å²) in [6.45, 7) is 1.64. The number of hydrogen-bond acceptors (Lipinski definition) is 5. The Kier molecular flexibility index (Phi) is 4.86. The molecule has 9 heteroatoms. The van der Waals surface area contributed by atoms with Crippen molar-refractivity contribution in [3.8, 4) is 0 Å². The van der Waals surface area contributed by atoms with Gasteiger partial charge in [-0.15, -0.1) is 0 Å². The van der Waals surface area contributed by atoms with Crippen LogP contribution >= 0.6 is 0 Å². The van der Waals surface area contributed by atoms with E-state index in [1.807, 2.05) is 4.57 Å². The van der Waals surface area contributed by atoms with Crippen LogP contribution in [0.5, 0.6) is 0 Å². The van der Waals surface area contributed by atoms with Crippen LogP contribution in [-0.2, 0) is 53.6 Å². The number of nitrogens with zero attached hydrogens (tertiary/aromatic N) is 2. The summed E-state index contributed by atoms with van der Waals surface area (Å²) >= 11 is 0.